The van der Waals surface area contributed by atoms with Crippen molar-refractivity contribution in [2.75, 3.05) is 47.5 Å². The number of unbranched alkanes of at least 4 members (excludes halogenated alkanes) is 31. The number of allylic oxidation sites excluding steroid dienone is 18. The Balaban J connectivity index is 4.09. The summed E-state index contributed by atoms with van der Waals surface area (Å²) in [6.45, 7) is 4.13. The van der Waals surface area contributed by atoms with E-state index >= 15 is 0 Å². The number of phosphoric acid groups is 1. The predicted octanol–water partition coefficient (Wildman–Crippen LogP) is 21.9. The first-order valence-corrected chi connectivity index (χ1v) is 36.1. The Hall–Kier alpha value is -3.33. The lowest BCUT2D eigenvalue weighted by atomic mass is 10.0. The minimum absolute atomic E-state index is 0.0360. The summed E-state index contributed by atoms with van der Waals surface area (Å²) in [5, 5.41) is 0. The summed E-state index contributed by atoms with van der Waals surface area (Å²) in [5.41, 5.74) is 0. The first kappa shape index (κ1) is 80.7. The van der Waals surface area contributed by atoms with E-state index in [0.717, 1.165) is 96.3 Å². The van der Waals surface area contributed by atoms with Gasteiger partial charge in [0.25, 0.3) is 7.82 Å². The molecule has 0 N–H and O–H groups in total. The molecule has 484 valence electrons. The SMILES string of the molecule is CC/C=C\C/C=C\C/C=C\C/C=C\C/C=C\C/C=C\C/C=C\CCCCCCCCCCCC(=O)OC(COC(=O)CCCCCCCCCCCCCCCCCCC/C=C\C/C=C\CCCCCCC)COP(=O)([O-])OCC[N+](C)(C)C. The maximum atomic E-state index is 12.9. The van der Waals surface area contributed by atoms with Gasteiger partial charge in [-0.1, -0.05) is 290 Å². The van der Waals surface area contributed by atoms with E-state index in [2.05, 4.69) is 123 Å². The van der Waals surface area contributed by atoms with Crippen LogP contribution in [-0.4, -0.2) is 70.0 Å². The van der Waals surface area contributed by atoms with Crippen LogP contribution in [0.1, 0.15) is 296 Å². The second-order valence-corrected chi connectivity index (χ2v) is 25.6. The van der Waals surface area contributed by atoms with Gasteiger partial charge in [0.2, 0.25) is 0 Å². The molecule has 0 aliphatic rings. The van der Waals surface area contributed by atoms with Crippen molar-refractivity contribution in [2.45, 2.75) is 302 Å². The molecule has 0 bridgehead atoms. The van der Waals surface area contributed by atoms with Gasteiger partial charge in [-0.15, -0.1) is 0 Å². The number of carbonyl (C=O) groups is 2. The first-order valence-electron chi connectivity index (χ1n) is 34.6. The Morgan fingerprint density at radius 2 is 0.679 bits per heavy atom. The Labute approximate surface area is 518 Å². The van der Waals surface area contributed by atoms with Crippen LogP contribution < -0.4 is 4.89 Å². The highest BCUT2D eigenvalue weighted by molar-refractivity contribution is 7.45. The molecule has 0 aromatic carbocycles. The number of likely N-dealkylation sites (N-methyl/N-ethyl adjacent to an activating group) is 1. The van der Waals surface area contributed by atoms with E-state index in [0.29, 0.717) is 17.4 Å². The molecule has 0 spiro atoms. The van der Waals surface area contributed by atoms with Gasteiger partial charge in [0.1, 0.15) is 19.8 Å². The fourth-order valence-electron chi connectivity index (χ4n) is 9.49. The number of esters is 2. The van der Waals surface area contributed by atoms with Gasteiger partial charge in [0, 0.05) is 12.8 Å². The highest BCUT2D eigenvalue weighted by atomic mass is 31.2. The standard InChI is InChI=1S/C74H130NO8P/c1-6-8-10-12-14-16-18-20-22-24-26-28-30-32-34-36-37-39-41-43-45-47-49-51-53-55-57-59-61-63-65-67-74(77)83-72(71-82-84(78,79)81-69-68-75(3,4)5)70-80-73(76)66-64-62-60-58-56-54-52-50-48-46-44-42-40-38-35-33-31-29-27-25-23-21-19-17-15-13-11-9-7-2/h8,10,14,16,19-22,25-28,32,34,37,39,43,45,72H,6-7,9,11-13,15,17-18,23-24,29-31,33,35-36,38,40-42,44,46-71H2,1-5H3/b10-8-,16-14-,21-19-,22-20-,27-25-,28-26-,34-32-,39-37-,45-43-. The first-order chi connectivity index (χ1) is 41.0. The largest absolute Gasteiger partial charge is 0.756 e. The highest BCUT2D eigenvalue weighted by Crippen LogP contribution is 2.38. The molecule has 0 aliphatic carbocycles. The van der Waals surface area contributed by atoms with Crippen molar-refractivity contribution in [1.82, 2.24) is 0 Å². The molecule has 2 unspecified atom stereocenters. The lowest BCUT2D eigenvalue weighted by Gasteiger charge is -2.28. The number of rotatable bonds is 63. The lowest BCUT2D eigenvalue weighted by Crippen LogP contribution is -2.37. The molecule has 0 fully saturated rings. The van der Waals surface area contributed by atoms with Crippen LogP contribution in [0.15, 0.2) is 109 Å². The normalized spacial score (nSPS) is 13.8. The summed E-state index contributed by atoms with van der Waals surface area (Å²) in [7, 11) is 1.16. The van der Waals surface area contributed by atoms with Gasteiger partial charge >= 0.3 is 11.9 Å². The van der Waals surface area contributed by atoms with Gasteiger partial charge in [-0.2, -0.15) is 0 Å². The Bertz CT molecular complexity index is 1790. The molecular weight excluding hydrogens is 1060 g/mol. The van der Waals surface area contributed by atoms with Gasteiger partial charge in [-0.3, -0.25) is 14.2 Å². The summed E-state index contributed by atoms with van der Waals surface area (Å²) in [6, 6.07) is 0. The number of carbonyl (C=O) groups excluding carboxylic acids is 2. The van der Waals surface area contributed by atoms with E-state index in [4.69, 9.17) is 18.5 Å². The van der Waals surface area contributed by atoms with E-state index in [-0.39, 0.29) is 32.0 Å². The summed E-state index contributed by atoms with van der Waals surface area (Å²) in [6.07, 6.45) is 90.1. The summed E-state index contributed by atoms with van der Waals surface area (Å²) < 4.78 is 34.3. The van der Waals surface area contributed by atoms with Crippen molar-refractivity contribution in [1.29, 1.82) is 0 Å². The Kier molecular flexibility index (Phi) is 61.6. The molecule has 0 saturated carbocycles. The van der Waals surface area contributed by atoms with Crippen LogP contribution in [0.4, 0.5) is 0 Å². The average Bonchev–Trinajstić information content (AvgIpc) is 3.61. The van der Waals surface area contributed by atoms with Crippen molar-refractivity contribution >= 4 is 19.8 Å². The summed E-state index contributed by atoms with van der Waals surface area (Å²) >= 11 is 0. The molecule has 10 heteroatoms. The van der Waals surface area contributed by atoms with Gasteiger partial charge < -0.3 is 27.9 Å². The van der Waals surface area contributed by atoms with Crippen molar-refractivity contribution in [2.24, 2.45) is 0 Å². The molecule has 9 nitrogen and oxygen atoms in total. The topological polar surface area (TPSA) is 111 Å². The molecule has 0 aliphatic heterocycles. The van der Waals surface area contributed by atoms with Crippen molar-refractivity contribution in [3.8, 4) is 0 Å². The molecule has 0 aromatic rings. The van der Waals surface area contributed by atoms with Gasteiger partial charge in [0.15, 0.2) is 6.10 Å². The Morgan fingerprint density at radius 1 is 0.381 bits per heavy atom. The van der Waals surface area contributed by atoms with Crippen molar-refractivity contribution in [3.63, 3.8) is 0 Å². The van der Waals surface area contributed by atoms with E-state index < -0.39 is 26.5 Å². The summed E-state index contributed by atoms with van der Waals surface area (Å²) in [5.74, 6) is -0.836. The summed E-state index contributed by atoms with van der Waals surface area (Å²) in [4.78, 5) is 38.1. The van der Waals surface area contributed by atoms with Crippen LogP contribution in [0, 0.1) is 0 Å². The van der Waals surface area contributed by atoms with Crippen LogP contribution >= 0.6 is 7.82 Å². The number of phosphoric ester groups is 1. The number of quaternary nitrogens is 1. The second kappa shape index (κ2) is 64.2. The molecule has 0 saturated heterocycles. The molecule has 0 heterocycles. The minimum atomic E-state index is -4.65. The molecule has 0 amide bonds. The molecule has 0 rings (SSSR count). The molecule has 84 heavy (non-hydrogen) atoms. The zero-order chi connectivity index (χ0) is 61.2. The van der Waals surface area contributed by atoms with Crippen LogP contribution in [0.25, 0.3) is 0 Å². The molecular formula is C74H130NO8P. The number of nitrogens with zero attached hydrogens (tertiary/aromatic N) is 1. The van der Waals surface area contributed by atoms with E-state index in [1.807, 2.05) is 21.1 Å². The minimum Gasteiger partial charge on any atom is -0.756 e. The van der Waals surface area contributed by atoms with Crippen molar-refractivity contribution in [3.05, 3.63) is 109 Å². The van der Waals surface area contributed by atoms with E-state index in [1.54, 1.807) is 0 Å². The van der Waals surface area contributed by atoms with Gasteiger partial charge in [-0.25, -0.2) is 0 Å². The fraction of sp³-hybridized carbons (Fsp3) is 0.730. The quantitative estimate of drug-likeness (QED) is 0.0195. The molecule has 0 radical (unpaired) electrons. The smallest absolute Gasteiger partial charge is 0.306 e. The zero-order valence-corrected chi connectivity index (χ0v) is 56.0. The third-order valence-electron chi connectivity index (χ3n) is 14.8. The van der Waals surface area contributed by atoms with E-state index in [9.17, 15) is 19.0 Å². The number of hydrogen-bond acceptors (Lipinski definition) is 8. The van der Waals surface area contributed by atoms with Crippen LogP contribution in [-0.2, 0) is 32.7 Å². The maximum absolute atomic E-state index is 12.9. The third kappa shape index (κ3) is 67.8. The van der Waals surface area contributed by atoms with Crippen LogP contribution in [0.3, 0.4) is 0 Å². The van der Waals surface area contributed by atoms with E-state index in [1.165, 1.54) is 167 Å². The zero-order valence-electron chi connectivity index (χ0n) is 55.1. The highest BCUT2D eigenvalue weighted by Gasteiger charge is 2.22. The third-order valence-corrected chi connectivity index (χ3v) is 15.7. The van der Waals surface area contributed by atoms with Gasteiger partial charge in [0.05, 0.1) is 27.7 Å². The van der Waals surface area contributed by atoms with Gasteiger partial charge in [-0.05, 0) is 103 Å². The second-order valence-electron chi connectivity index (χ2n) is 24.2. The monoisotopic (exact) mass is 1190 g/mol. The predicted molar refractivity (Wildman–Crippen MR) is 360 cm³/mol. The lowest BCUT2D eigenvalue weighted by molar-refractivity contribution is -0.870. The van der Waals surface area contributed by atoms with Crippen LogP contribution in [0.5, 0.6) is 0 Å². The molecule has 2 atom stereocenters. The average molecular weight is 1190 g/mol. The number of ether oxygens (including phenoxy) is 2. The van der Waals surface area contributed by atoms with Crippen molar-refractivity contribution < 1.29 is 42.1 Å². The molecule has 0 aromatic heterocycles. The fourth-order valence-corrected chi connectivity index (χ4v) is 10.2. The maximum Gasteiger partial charge on any atom is 0.306 e. The Morgan fingerprint density at radius 3 is 1.01 bits per heavy atom. The number of hydrogen-bond donors (Lipinski definition) is 0. The van der Waals surface area contributed by atoms with Crippen LogP contribution in [0.2, 0.25) is 0 Å².